The van der Waals surface area contributed by atoms with E-state index in [2.05, 4.69) is 181 Å². The molecule has 0 radical (unpaired) electrons. The number of nitrogens with zero attached hydrogens (tertiary/aromatic N) is 1. The molecule has 0 amide bonds. The van der Waals surface area contributed by atoms with Gasteiger partial charge in [0.2, 0.25) is 0 Å². The highest BCUT2D eigenvalue weighted by atomic mass is 32.1. The van der Waals surface area contributed by atoms with Crippen molar-refractivity contribution in [2.75, 3.05) is 4.90 Å². The zero-order chi connectivity index (χ0) is 32.3. The Morgan fingerprint density at radius 1 is 0.449 bits per heavy atom. The summed E-state index contributed by atoms with van der Waals surface area (Å²) in [5, 5.41) is 7.18. The largest absolute Gasteiger partial charge is 0.455 e. The van der Waals surface area contributed by atoms with Gasteiger partial charge in [0.15, 0.2) is 0 Å². The molecule has 0 atom stereocenters. The second kappa shape index (κ2) is 11.2. The van der Waals surface area contributed by atoms with Crippen LogP contribution < -0.4 is 4.90 Å². The molecule has 0 saturated heterocycles. The SMILES string of the molecule is c1ccc(-c2cccc3c2oc2cc(N(c4ccc5ccccc5c4)c4ccc(-c5ccccc5)c5sc6ccccc6c45)ccc23)cc1. The van der Waals surface area contributed by atoms with Crippen LogP contribution in [-0.2, 0) is 0 Å². The fourth-order valence-corrected chi connectivity index (χ4v) is 8.62. The van der Waals surface area contributed by atoms with E-state index in [1.54, 1.807) is 0 Å². The zero-order valence-corrected chi connectivity index (χ0v) is 27.3. The highest BCUT2D eigenvalue weighted by Crippen LogP contribution is 2.49. The molecule has 0 saturated carbocycles. The maximum atomic E-state index is 6.77. The summed E-state index contributed by atoms with van der Waals surface area (Å²) in [7, 11) is 0. The molecule has 8 aromatic carbocycles. The molecule has 10 aromatic rings. The third-order valence-electron chi connectivity index (χ3n) is 9.65. The number of fused-ring (bicyclic) bond motifs is 7. The van der Waals surface area contributed by atoms with Crippen LogP contribution in [0.3, 0.4) is 0 Å². The van der Waals surface area contributed by atoms with E-state index < -0.39 is 0 Å². The number of thiophene rings is 1. The Morgan fingerprint density at radius 3 is 1.96 bits per heavy atom. The molecule has 10 rings (SSSR count). The van der Waals surface area contributed by atoms with Crippen molar-refractivity contribution >= 4 is 81.3 Å². The lowest BCUT2D eigenvalue weighted by Gasteiger charge is -2.27. The molecule has 0 fully saturated rings. The average Bonchev–Trinajstić information content (AvgIpc) is 3.74. The first kappa shape index (κ1) is 27.9. The highest BCUT2D eigenvalue weighted by Gasteiger charge is 2.22. The standard InChI is InChI=1S/C46H29NOS/c1-3-13-31(14-4-1)36-19-11-20-39-38-25-24-35(29-42(38)48-45(36)39)47(34-23-22-30-12-7-8-17-33(30)28-34)41-27-26-37(32-15-5-2-6-16-32)46-44(41)40-18-9-10-21-43(40)49-46/h1-29H. The van der Waals surface area contributed by atoms with Gasteiger partial charge in [0.05, 0.1) is 5.69 Å². The van der Waals surface area contributed by atoms with E-state index in [0.29, 0.717) is 0 Å². The molecule has 49 heavy (non-hydrogen) atoms. The predicted octanol–water partition coefficient (Wildman–Crippen LogP) is 13.9. The van der Waals surface area contributed by atoms with Crippen molar-refractivity contribution in [3.05, 3.63) is 176 Å². The van der Waals surface area contributed by atoms with Crippen molar-refractivity contribution in [2.24, 2.45) is 0 Å². The van der Waals surface area contributed by atoms with Gasteiger partial charge < -0.3 is 9.32 Å². The van der Waals surface area contributed by atoms with Gasteiger partial charge in [0.25, 0.3) is 0 Å². The monoisotopic (exact) mass is 643 g/mol. The summed E-state index contributed by atoms with van der Waals surface area (Å²) in [4.78, 5) is 2.41. The van der Waals surface area contributed by atoms with Crippen LogP contribution in [0.25, 0.3) is 75.1 Å². The van der Waals surface area contributed by atoms with Crippen molar-refractivity contribution in [3.63, 3.8) is 0 Å². The summed E-state index contributed by atoms with van der Waals surface area (Å²) in [6, 6.07) is 63.1. The van der Waals surface area contributed by atoms with Crippen LogP contribution in [0.5, 0.6) is 0 Å². The van der Waals surface area contributed by atoms with E-state index >= 15 is 0 Å². The average molecular weight is 644 g/mol. The number of hydrogen-bond acceptors (Lipinski definition) is 3. The number of rotatable bonds is 5. The third-order valence-corrected chi connectivity index (χ3v) is 10.9. The first-order valence-corrected chi connectivity index (χ1v) is 17.4. The van der Waals surface area contributed by atoms with Gasteiger partial charge in [0.1, 0.15) is 11.2 Å². The molecule has 0 bridgehead atoms. The highest BCUT2D eigenvalue weighted by molar-refractivity contribution is 7.26. The Bertz CT molecular complexity index is 2830. The summed E-state index contributed by atoms with van der Waals surface area (Å²) in [6.45, 7) is 0. The fraction of sp³-hybridized carbons (Fsp3) is 0. The quantitative estimate of drug-likeness (QED) is 0.186. The van der Waals surface area contributed by atoms with Crippen LogP contribution >= 0.6 is 11.3 Å². The molecule has 3 heteroatoms. The second-order valence-corrected chi connectivity index (χ2v) is 13.6. The molecule has 2 heterocycles. The molecule has 230 valence electrons. The van der Waals surface area contributed by atoms with Gasteiger partial charge in [-0.15, -0.1) is 11.3 Å². The normalized spacial score (nSPS) is 11.7. The van der Waals surface area contributed by atoms with Gasteiger partial charge in [-0.05, 0) is 63.9 Å². The Kier molecular flexibility index (Phi) is 6.39. The molecule has 0 spiro atoms. The third kappa shape index (κ3) is 4.55. The minimum Gasteiger partial charge on any atom is -0.455 e. The van der Waals surface area contributed by atoms with Crippen molar-refractivity contribution in [3.8, 4) is 22.3 Å². The van der Waals surface area contributed by atoms with E-state index in [1.807, 2.05) is 11.3 Å². The molecule has 2 aromatic heterocycles. The number of benzene rings is 8. The lowest BCUT2D eigenvalue weighted by molar-refractivity contribution is 0.670. The van der Waals surface area contributed by atoms with Gasteiger partial charge in [-0.1, -0.05) is 133 Å². The number of anilines is 3. The Hall–Kier alpha value is -6.16. The number of para-hydroxylation sites is 1. The minimum absolute atomic E-state index is 0.869. The Balaban J connectivity index is 1.25. The first-order valence-electron chi connectivity index (χ1n) is 16.6. The van der Waals surface area contributed by atoms with Gasteiger partial charge in [-0.2, -0.15) is 0 Å². The maximum Gasteiger partial charge on any atom is 0.143 e. The van der Waals surface area contributed by atoms with Gasteiger partial charge >= 0.3 is 0 Å². The maximum absolute atomic E-state index is 6.77. The van der Waals surface area contributed by atoms with Crippen LogP contribution in [-0.4, -0.2) is 0 Å². The molecule has 0 aliphatic heterocycles. The predicted molar refractivity (Wildman–Crippen MR) is 210 cm³/mol. The topological polar surface area (TPSA) is 16.4 Å². The van der Waals surface area contributed by atoms with E-state index in [1.165, 1.54) is 42.1 Å². The Labute approximate surface area is 287 Å². The lowest BCUT2D eigenvalue weighted by atomic mass is 9.99. The van der Waals surface area contributed by atoms with Crippen molar-refractivity contribution in [1.29, 1.82) is 0 Å². The molecular weight excluding hydrogens is 615 g/mol. The smallest absolute Gasteiger partial charge is 0.143 e. The van der Waals surface area contributed by atoms with E-state index in [4.69, 9.17) is 4.42 Å². The summed E-state index contributed by atoms with van der Waals surface area (Å²) < 4.78 is 9.33. The van der Waals surface area contributed by atoms with Crippen molar-refractivity contribution in [2.45, 2.75) is 0 Å². The van der Waals surface area contributed by atoms with Gasteiger partial charge in [-0.25, -0.2) is 0 Å². The van der Waals surface area contributed by atoms with Gasteiger partial charge in [-0.3, -0.25) is 0 Å². The molecular formula is C46H29NOS. The fourth-order valence-electron chi connectivity index (χ4n) is 7.36. The van der Waals surface area contributed by atoms with E-state index in [0.717, 1.165) is 50.1 Å². The van der Waals surface area contributed by atoms with Crippen LogP contribution in [0.15, 0.2) is 180 Å². The van der Waals surface area contributed by atoms with Crippen molar-refractivity contribution in [1.82, 2.24) is 0 Å². The summed E-state index contributed by atoms with van der Waals surface area (Å²) in [5.41, 5.74) is 9.80. The lowest BCUT2D eigenvalue weighted by Crippen LogP contribution is -2.10. The number of furan rings is 1. The summed E-state index contributed by atoms with van der Waals surface area (Å²) in [5.74, 6) is 0. The summed E-state index contributed by atoms with van der Waals surface area (Å²) in [6.07, 6.45) is 0. The molecule has 2 nitrogen and oxygen atoms in total. The summed E-state index contributed by atoms with van der Waals surface area (Å²) >= 11 is 1.87. The molecule has 0 aliphatic rings. The number of hydrogen-bond donors (Lipinski definition) is 0. The van der Waals surface area contributed by atoms with E-state index in [-0.39, 0.29) is 0 Å². The van der Waals surface area contributed by atoms with Crippen LogP contribution in [0.4, 0.5) is 17.1 Å². The molecule has 0 unspecified atom stereocenters. The van der Waals surface area contributed by atoms with Crippen LogP contribution in [0.2, 0.25) is 0 Å². The van der Waals surface area contributed by atoms with Crippen LogP contribution in [0, 0.1) is 0 Å². The first-order chi connectivity index (χ1) is 24.3. The minimum atomic E-state index is 0.869. The molecule has 0 N–H and O–H groups in total. The van der Waals surface area contributed by atoms with Crippen molar-refractivity contribution < 1.29 is 4.42 Å². The zero-order valence-electron chi connectivity index (χ0n) is 26.5. The van der Waals surface area contributed by atoms with E-state index in [9.17, 15) is 0 Å². The van der Waals surface area contributed by atoms with Crippen LogP contribution in [0.1, 0.15) is 0 Å². The Morgan fingerprint density at radius 2 is 1.12 bits per heavy atom. The second-order valence-electron chi connectivity index (χ2n) is 12.5. The molecule has 0 aliphatic carbocycles. The van der Waals surface area contributed by atoms with Gasteiger partial charge in [0, 0.05) is 53.9 Å².